The molecule has 0 unspecified atom stereocenters. The maximum atomic E-state index is 12.1. The number of aromatic hydroxyl groups is 1. The van der Waals surface area contributed by atoms with Crippen LogP contribution >= 0.6 is 11.6 Å². The Hall–Kier alpha value is -2.46. The standard InChI is InChI=1S/C16H11ClO4/c1-20-11-5-2-9(3-6-11)14-15(18)12-8-10(17)4-7-13(12)21-16(14)19/h2-8,18H,1H3. The molecule has 0 amide bonds. The van der Waals surface area contributed by atoms with E-state index >= 15 is 0 Å². The third kappa shape index (κ3) is 2.34. The Bertz CT molecular complexity index is 866. The predicted octanol–water partition coefficient (Wildman–Crippen LogP) is 3.83. The second kappa shape index (κ2) is 5.14. The maximum absolute atomic E-state index is 12.1. The summed E-state index contributed by atoms with van der Waals surface area (Å²) < 4.78 is 10.3. The lowest BCUT2D eigenvalue weighted by Crippen LogP contribution is -2.03. The fourth-order valence-corrected chi connectivity index (χ4v) is 2.34. The zero-order valence-corrected chi connectivity index (χ0v) is 11.8. The van der Waals surface area contributed by atoms with Crippen molar-refractivity contribution in [2.45, 2.75) is 0 Å². The van der Waals surface area contributed by atoms with Crippen molar-refractivity contribution in [1.82, 2.24) is 0 Å². The van der Waals surface area contributed by atoms with Crippen molar-refractivity contribution in [2.75, 3.05) is 7.11 Å². The van der Waals surface area contributed by atoms with Crippen LogP contribution in [-0.4, -0.2) is 12.2 Å². The molecule has 0 saturated carbocycles. The van der Waals surface area contributed by atoms with Gasteiger partial charge in [0, 0.05) is 5.02 Å². The summed E-state index contributed by atoms with van der Waals surface area (Å²) in [5.41, 5.74) is 0.336. The van der Waals surface area contributed by atoms with Gasteiger partial charge in [0.05, 0.1) is 12.5 Å². The highest BCUT2D eigenvalue weighted by Gasteiger charge is 2.16. The van der Waals surface area contributed by atoms with E-state index in [1.807, 2.05) is 0 Å². The van der Waals surface area contributed by atoms with Gasteiger partial charge in [-0.25, -0.2) is 4.79 Å². The number of rotatable bonds is 2. The molecule has 0 bridgehead atoms. The van der Waals surface area contributed by atoms with Crippen LogP contribution in [0.3, 0.4) is 0 Å². The molecular formula is C16H11ClO4. The molecule has 3 rings (SSSR count). The predicted molar refractivity (Wildman–Crippen MR) is 81.1 cm³/mol. The van der Waals surface area contributed by atoms with Gasteiger partial charge in [-0.05, 0) is 35.9 Å². The van der Waals surface area contributed by atoms with Crippen LogP contribution in [0.15, 0.2) is 51.7 Å². The highest BCUT2D eigenvalue weighted by Crippen LogP contribution is 2.34. The molecule has 1 N–H and O–H groups in total. The quantitative estimate of drug-likeness (QED) is 0.731. The first kappa shape index (κ1) is 13.5. The summed E-state index contributed by atoms with van der Waals surface area (Å²) in [6.07, 6.45) is 0. The molecule has 0 aliphatic heterocycles. The van der Waals surface area contributed by atoms with Gasteiger partial charge in [0.15, 0.2) is 0 Å². The third-order valence-electron chi connectivity index (χ3n) is 3.22. The lowest BCUT2D eigenvalue weighted by molar-refractivity contribution is 0.415. The number of hydrogen-bond donors (Lipinski definition) is 1. The maximum Gasteiger partial charge on any atom is 0.347 e. The highest BCUT2D eigenvalue weighted by molar-refractivity contribution is 6.31. The fraction of sp³-hybridized carbons (Fsp3) is 0.0625. The summed E-state index contributed by atoms with van der Waals surface area (Å²) in [6, 6.07) is 11.5. The van der Waals surface area contributed by atoms with Gasteiger partial charge in [0.25, 0.3) is 0 Å². The Labute approximate surface area is 125 Å². The Morgan fingerprint density at radius 2 is 1.86 bits per heavy atom. The molecule has 0 saturated heterocycles. The Balaban J connectivity index is 2.28. The Morgan fingerprint density at radius 1 is 1.14 bits per heavy atom. The lowest BCUT2D eigenvalue weighted by Gasteiger charge is -2.07. The minimum Gasteiger partial charge on any atom is -0.506 e. The van der Waals surface area contributed by atoms with Gasteiger partial charge in [-0.2, -0.15) is 0 Å². The van der Waals surface area contributed by atoms with E-state index in [2.05, 4.69) is 0 Å². The molecule has 4 nitrogen and oxygen atoms in total. The molecule has 0 fully saturated rings. The SMILES string of the molecule is COc1ccc(-c2c(O)c3cc(Cl)ccc3oc2=O)cc1. The minimum atomic E-state index is -0.604. The van der Waals surface area contributed by atoms with Crippen molar-refractivity contribution in [3.05, 3.63) is 57.9 Å². The molecule has 21 heavy (non-hydrogen) atoms. The van der Waals surface area contributed by atoms with Crippen molar-refractivity contribution in [3.63, 3.8) is 0 Å². The average molecular weight is 303 g/mol. The highest BCUT2D eigenvalue weighted by atomic mass is 35.5. The van der Waals surface area contributed by atoms with Crippen molar-refractivity contribution in [1.29, 1.82) is 0 Å². The number of fused-ring (bicyclic) bond motifs is 1. The van der Waals surface area contributed by atoms with Crippen LogP contribution in [0.4, 0.5) is 0 Å². The molecule has 1 heterocycles. The van der Waals surface area contributed by atoms with Gasteiger partial charge < -0.3 is 14.3 Å². The Morgan fingerprint density at radius 3 is 2.52 bits per heavy atom. The number of benzene rings is 2. The van der Waals surface area contributed by atoms with Crippen LogP contribution in [0.2, 0.25) is 5.02 Å². The second-order valence-corrected chi connectivity index (χ2v) is 4.92. The van der Waals surface area contributed by atoms with E-state index in [-0.39, 0.29) is 11.3 Å². The second-order valence-electron chi connectivity index (χ2n) is 4.48. The summed E-state index contributed by atoms with van der Waals surface area (Å²) in [4.78, 5) is 12.1. The number of hydrogen-bond acceptors (Lipinski definition) is 4. The molecule has 2 aromatic carbocycles. The van der Waals surface area contributed by atoms with Crippen LogP contribution in [0, 0.1) is 0 Å². The van der Waals surface area contributed by atoms with E-state index in [0.29, 0.717) is 27.3 Å². The van der Waals surface area contributed by atoms with E-state index in [4.69, 9.17) is 20.8 Å². The van der Waals surface area contributed by atoms with E-state index in [1.54, 1.807) is 49.6 Å². The van der Waals surface area contributed by atoms with Crippen molar-refractivity contribution in [2.24, 2.45) is 0 Å². The fourth-order valence-electron chi connectivity index (χ4n) is 2.17. The minimum absolute atomic E-state index is 0.104. The molecule has 0 aliphatic carbocycles. The molecule has 5 heteroatoms. The van der Waals surface area contributed by atoms with E-state index in [9.17, 15) is 9.90 Å². The normalized spacial score (nSPS) is 10.8. The van der Waals surface area contributed by atoms with Crippen LogP contribution in [0.25, 0.3) is 22.1 Å². The van der Waals surface area contributed by atoms with Crippen LogP contribution < -0.4 is 10.4 Å². The largest absolute Gasteiger partial charge is 0.506 e. The molecule has 1 aromatic heterocycles. The summed E-state index contributed by atoms with van der Waals surface area (Å²) in [5.74, 6) is 0.514. The lowest BCUT2D eigenvalue weighted by atomic mass is 10.0. The molecule has 0 spiro atoms. The van der Waals surface area contributed by atoms with Gasteiger partial charge in [-0.15, -0.1) is 0 Å². The summed E-state index contributed by atoms with van der Waals surface area (Å²) in [5, 5.41) is 11.2. The number of methoxy groups -OCH3 is 1. The monoisotopic (exact) mass is 302 g/mol. The first-order valence-corrected chi connectivity index (χ1v) is 6.57. The summed E-state index contributed by atoms with van der Waals surface area (Å²) in [6.45, 7) is 0. The first-order chi connectivity index (χ1) is 10.1. The summed E-state index contributed by atoms with van der Waals surface area (Å²) >= 11 is 5.92. The van der Waals surface area contributed by atoms with Gasteiger partial charge in [-0.1, -0.05) is 23.7 Å². The third-order valence-corrected chi connectivity index (χ3v) is 3.45. The van der Waals surface area contributed by atoms with Crippen molar-refractivity contribution in [3.8, 4) is 22.6 Å². The zero-order valence-electron chi connectivity index (χ0n) is 11.1. The number of halogens is 1. The molecule has 0 radical (unpaired) electrons. The van der Waals surface area contributed by atoms with Gasteiger partial charge in [0.1, 0.15) is 22.6 Å². The van der Waals surface area contributed by atoms with Gasteiger partial charge in [0.2, 0.25) is 0 Å². The van der Waals surface area contributed by atoms with Gasteiger partial charge in [-0.3, -0.25) is 0 Å². The molecule has 0 atom stereocenters. The molecule has 106 valence electrons. The molecule has 3 aromatic rings. The van der Waals surface area contributed by atoms with E-state index < -0.39 is 5.63 Å². The van der Waals surface area contributed by atoms with Crippen LogP contribution in [-0.2, 0) is 0 Å². The van der Waals surface area contributed by atoms with E-state index in [1.165, 1.54) is 0 Å². The molecular weight excluding hydrogens is 292 g/mol. The summed E-state index contributed by atoms with van der Waals surface area (Å²) in [7, 11) is 1.55. The van der Waals surface area contributed by atoms with Crippen LogP contribution in [0.1, 0.15) is 0 Å². The van der Waals surface area contributed by atoms with Gasteiger partial charge >= 0.3 is 5.63 Å². The smallest absolute Gasteiger partial charge is 0.347 e. The zero-order chi connectivity index (χ0) is 15.0. The van der Waals surface area contributed by atoms with Crippen molar-refractivity contribution >= 4 is 22.6 Å². The average Bonchev–Trinajstić information content (AvgIpc) is 2.49. The van der Waals surface area contributed by atoms with Crippen molar-refractivity contribution < 1.29 is 14.3 Å². The first-order valence-electron chi connectivity index (χ1n) is 6.20. The number of ether oxygens (including phenoxy) is 1. The topological polar surface area (TPSA) is 59.7 Å². The van der Waals surface area contributed by atoms with Crippen LogP contribution in [0.5, 0.6) is 11.5 Å². The molecule has 0 aliphatic rings. The van der Waals surface area contributed by atoms with E-state index in [0.717, 1.165) is 0 Å². The Kier molecular flexibility index (Phi) is 3.31.